The maximum atomic E-state index is 14.5. The molecule has 10 aliphatic rings. The van der Waals surface area contributed by atoms with E-state index in [2.05, 4.69) is 33.8 Å². The van der Waals surface area contributed by atoms with E-state index in [1.54, 1.807) is 0 Å². The van der Waals surface area contributed by atoms with Gasteiger partial charge >= 0.3 is 16.4 Å². The maximum Gasteiger partial charge on any atom is 0.397 e. The fourth-order valence-corrected chi connectivity index (χ4v) is 18.0. The minimum absolute atomic E-state index is 0.0464. The Morgan fingerprint density at radius 3 is 1.91 bits per heavy atom. The minimum Gasteiger partial charge on any atom is -0.458 e. The number of carbonyl (C=O) groups is 2. The average molecular weight is 1300 g/mol. The number of Topliss-reactive ketones (excluding diaryl/α,β-unsaturated/α-hetero) is 1. The van der Waals surface area contributed by atoms with Crippen molar-refractivity contribution in [2.75, 3.05) is 33.5 Å². The van der Waals surface area contributed by atoms with Gasteiger partial charge in [-0.15, -0.1) is 0 Å². The van der Waals surface area contributed by atoms with Crippen molar-refractivity contribution >= 4 is 22.2 Å². The molecule has 30 heteroatoms. The third-order valence-corrected chi connectivity index (χ3v) is 22.5. The molecule has 510 valence electrons. The number of rotatable bonds is 19. The molecule has 31 atom stereocenters. The zero-order chi connectivity index (χ0) is 65.0. The molecule has 1 spiro atoms. The largest absolute Gasteiger partial charge is 0.458 e. The van der Waals surface area contributed by atoms with Crippen molar-refractivity contribution in [2.24, 2.45) is 45.3 Å². The predicted octanol–water partition coefficient (Wildman–Crippen LogP) is -1.84. The smallest absolute Gasteiger partial charge is 0.397 e. The van der Waals surface area contributed by atoms with Crippen LogP contribution in [-0.4, -0.2) is 267 Å². The first-order valence-electron chi connectivity index (χ1n) is 31.2. The number of ketones is 1. The number of allylic oxidation sites excluding steroid dienone is 2. The number of ether oxygens (including phenoxy) is 12. The lowest BCUT2D eigenvalue weighted by Crippen LogP contribution is -2.68. The lowest BCUT2D eigenvalue weighted by Gasteiger charge is -2.64. The van der Waals surface area contributed by atoms with Crippen LogP contribution in [0.3, 0.4) is 0 Å². The summed E-state index contributed by atoms with van der Waals surface area (Å²) >= 11 is 0. The number of aliphatic hydroxyl groups excluding tert-OH is 11. The fraction of sp³-hybridized carbons (Fsp3) is 0.932. The van der Waals surface area contributed by atoms with Crippen molar-refractivity contribution < 1.29 is 140 Å². The Hall–Kier alpha value is -2.13. The molecule has 12 N–H and O–H groups in total. The molecule has 6 aliphatic heterocycles. The second kappa shape index (κ2) is 26.1. The molecule has 4 aliphatic carbocycles. The van der Waals surface area contributed by atoms with Crippen LogP contribution in [0.15, 0.2) is 11.6 Å². The molecule has 0 radical (unpaired) electrons. The number of fused-ring (bicyclic) bond motifs is 4. The topological polar surface area (TPSA) is 431 Å². The Labute approximate surface area is 517 Å². The summed E-state index contributed by atoms with van der Waals surface area (Å²) in [7, 11) is -4.06. The monoisotopic (exact) mass is 1300 g/mol. The lowest BCUT2D eigenvalue weighted by molar-refractivity contribution is -0.405. The molecule has 10 rings (SSSR count). The second-order valence-corrected chi connectivity index (χ2v) is 29.2. The van der Waals surface area contributed by atoms with E-state index in [4.69, 9.17) is 61.0 Å². The van der Waals surface area contributed by atoms with Gasteiger partial charge in [0.1, 0.15) is 115 Å². The number of cyclic esters (lactones) is 1. The van der Waals surface area contributed by atoms with Gasteiger partial charge in [-0.05, 0) is 87.4 Å². The van der Waals surface area contributed by atoms with Gasteiger partial charge in [0.05, 0.1) is 44.1 Å². The van der Waals surface area contributed by atoms with E-state index in [1.165, 1.54) is 19.6 Å². The highest BCUT2D eigenvalue weighted by Gasteiger charge is 2.76. The summed E-state index contributed by atoms with van der Waals surface area (Å²) in [5, 5.41) is 122. The number of aliphatic hydroxyl groups is 11. The molecule has 9 fully saturated rings. The van der Waals surface area contributed by atoms with Crippen molar-refractivity contribution in [1.29, 1.82) is 0 Å². The van der Waals surface area contributed by atoms with Gasteiger partial charge in [0.25, 0.3) is 0 Å². The fourth-order valence-electron chi connectivity index (χ4n) is 17.6. The third kappa shape index (κ3) is 12.4. The van der Waals surface area contributed by atoms with Crippen LogP contribution in [0.1, 0.15) is 113 Å². The standard InChI is InChI=1S/C59H94O29S/c1-24(2)18-26(62)19-58(8)34-13-16-57(7)28-10-11-33-55(4,5)35(14-15-56(33,6)27(28)12-17-59(34,57)54(72)87-58)82-52-47(38(66)32(23-78-52)88-89(73,74)75)86-53-48(85-50-40(68)39(67)36(64)30(20-60)80-50)41(69)44(25(3)79-53)83-51-43(71)46(37(65)31(21-61)81-51)84-49-42(70)45(76-9)29(63)22-77-49/h10,24-25,27,29-53,60-61,63-71H,11-23H2,1-9H3,(H,73,74,75)/t25-,27-,29-,30-,31-,32-,33+,34-,35+,36-,37-,38+,39+,40-,41+,42-,43-,44-,45+,46+,47-,48-,49+,50+,51+,52+,53+,56-,57+,58+,59-/m1/s1. The molecule has 6 saturated heterocycles. The Morgan fingerprint density at radius 1 is 0.652 bits per heavy atom. The SMILES string of the molecule is CO[C@@H]1[C@@H](O)[C@H](O[C@@H]2[C@@H](O)[C@H](O[C@H]3[C@H](O)[C@@H](O[C@@H]4O[C@H](CO)[C@@H](O)[C@H](O)[C@H]4O)[C@H](O[C@H]4[C@H](O[C@H]5CC[C@]6(C)[C@@H]7CC[C@]89C(=O)O[C@@](C)(CC(=O)CC(C)C)[C@H]8CC[C@@]9(C)C7=CC[C@H]6C5(C)C)OC[C@@H](OS(=O)(=O)O)[C@@H]4O)O[C@@H]3C)O[C@H](CO)[C@H]2O)OC[C@H]1O. The van der Waals surface area contributed by atoms with E-state index in [0.29, 0.717) is 38.5 Å². The molecular weight excluding hydrogens is 1200 g/mol. The molecule has 89 heavy (non-hydrogen) atoms. The molecule has 0 aromatic heterocycles. The van der Waals surface area contributed by atoms with E-state index in [0.717, 1.165) is 12.8 Å². The molecule has 0 bridgehead atoms. The first-order chi connectivity index (χ1) is 41.7. The van der Waals surface area contributed by atoms with Gasteiger partial charge in [-0.1, -0.05) is 53.2 Å². The van der Waals surface area contributed by atoms with E-state index in [1.807, 2.05) is 20.8 Å². The zero-order valence-electron chi connectivity index (χ0n) is 51.7. The second-order valence-electron chi connectivity index (χ2n) is 28.2. The summed E-state index contributed by atoms with van der Waals surface area (Å²) in [6, 6.07) is 0. The van der Waals surface area contributed by atoms with Gasteiger partial charge in [0, 0.05) is 31.3 Å². The Bertz CT molecular complexity index is 2650. The van der Waals surface area contributed by atoms with Crippen LogP contribution in [0.5, 0.6) is 0 Å². The molecule has 3 saturated carbocycles. The van der Waals surface area contributed by atoms with Crippen LogP contribution in [0, 0.1) is 45.3 Å². The summed E-state index contributed by atoms with van der Waals surface area (Å²) in [5.41, 5.74) is -1.98. The highest BCUT2D eigenvalue weighted by atomic mass is 32.3. The van der Waals surface area contributed by atoms with Crippen LogP contribution >= 0.6 is 0 Å². The van der Waals surface area contributed by atoms with Crippen molar-refractivity contribution in [3.8, 4) is 0 Å². The van der Waals surface area contributed by atoms with Crippen molar-refractivity contribution in [3.63, 3.8) is 0 Å². The molecule has 0 amide bonds. The van der Waals surface area contributed by atoms with Crippen molar-refractivity contribution in [2.45, 2.75) is 266 Å². The number of carbonyl (C=O) groups excluding carboxylic acids is 2. The minimum atomic E-state index is -5.28. The number of hydrogen-bond donors (Lipinski definition) is 12. The van der Waals surface area contributed by atoms with Crippen LogP contribution in [0.4, 0.5) is 0 Å². The molecule has 29 nitrogen and oxygen atoms in total. The summed E-state index contributed by atoms with van der Waals surface area (Å²) in [4.78, 5) is 27.8. The van der Waals surface area contributed by atoms with Crippen LogP contribution < -0.4 is 0 Å². The lowest BCUT2D eigenvalue weighted by atomic mass is 9.41. The van der Waals surface area contributed by atoms with E-state index >= 15 is 0 Å². The maximum absolute atomic E-state index is 14.5. The Balaban J connectivity index is 0.914. The van der Waals surface area contributed by atoms with E-state index in [9.17, 15) is 78.7 Å². The van der Waals surface area contributed by atoms with Crippen LogP contribution in [-0.2, 0) is 81.0 Å². The summed E-state index contributed by atoms with van der Waals surface area (Å²) in [5.74, 6) is -0.0824. The predicted molar refractivity (Wildman–Crippen MR) is 298 cm³/mol. The average Bonchev–Trinajstić information content (AvgIpc) is 1.55. The quantitative estimate of drug-likeness (QED) is 0.0384. The van der Waals surface area contributed by atoms with Gasteiger partial charge in [-0.3, -0.25) is 14.1 Å². The van der Waals surface area contributed by atoms with Crippen LogP contribution in [0.25, 0.3) is 0 Å². The number of hydrogen-bond acceptors (Lipinski definition) is 28. The third-order valence-electron chi connectivity index (χ3n) is 22.0. The molecule has 0 unspecified atom stereocenters. The van der Waals surface area contributed by atoms with Gasteiger partial charge in [-0.2, -0.15) is 8.42 Å². The first kappa shape index (κ1) is 69.7. The number of esters is 1. The molecule has 6 heterocycles. The van der Waals surface area contributed by atoms with Gasteiger partial charge in [0.2, 0.25) is 0 Å². The molecule has 0 aromatic carbocycles. The van der Waals surface area contributed by atoms with Gasteiger partial charge < -0.3 is 113 Å². The normalized spacial score (nSPS) is 50.7. The Kier molecular flexibility index (Phi) is 20.5. The first-order valence-corrected chi connectivity index (χ1v) is 32.5. The summed E-state index contributed by atoms with van der Waals surface area (Å²) in [6.45, 7) is 13.1. The van der Waals surface area contributed by atoms with Crippen LogP contribution in [0.2, 0.25) is 0 Å². The van der Waals surface area contributed by atoms with E-state index < -0.39 is 206 Å². The highest BCUT2D eigenvalue weighted by molar-refractivity contribution is 7.80. The van der Waals surface area contributed by atoms with E-state index in [-0.39, 0.29) is 47.3 Å². The van der Waals surface area contributed by atoms with Crippen molar-refractivity contribution in [1.82, 2.24) is 0 Å². The highest BCUT2D eigenvalue weighted by Crippen LogP contribution is 2.76. The van der Waals surface area contributed by atoms with Gasteiger partial charge in [-0.25, -0.2) is 4.18 Å². The summed E-state index contributed by atoms with van der Waals surface area (Å²) < 4.78 is 112. The molecule has 0 aromatic rings. The van der Waals surface area contributed by atoms with Gasteiger partial charge in [0.15, 0.2) is 31.5 Å². The number of methoxy groups -OCH3 is 1. The summed E-state index contributed by atoms with van der Waals surface area (Å²) in [6.07, 6.45) is -34.3. The Morgan fingerprint density at radius 2 is 1.26 bits per heavy atom. The molecular formula is C59H94O29S. The zero-order valence-corrected chi connectivity index (χ0v) is 52.5. The van der Waals surface area contributed by atoms with Crippen molar-refractivity contribution in [3.05, 3.63) is 11.6 Å².